The summed E-state index contributed by atoms with van der Waals surface area (Å²) in [6.45, 7) is 22.9. The molecule has 0 radical (unpaired) electrons. The van der Waals surface area contributed by atoms with E-state index in [0.29, 0.717) is 18.2 Å². The summed E-state index contributed by atoms with van der Waals surface area (Å²) < 4.78 is 0. The molecule has 0 aromatic carbocycles. The molecule has 1 fully saturated rings. The normalized spacial score (nSPS) is 13.7. The molecule has 0 aliphatic carbocycles. The molecule has 1 heterocycles. The highest BCUT2D eigenvalue weighted by molar-refractivity contribution is 5.78. The largest absolute Gasteiger partial charge is 0.342 e. The number of hydrogen-bond donors (Lipinski definition) is 0. The summed E-state index contributed by atoms with van der Waals surface area (Å²) in [6, 6.07) is 0. The number of carbonyl (C=O) groups is 2. The van der Waals surface area contributed by atoms with Crippen molar-refractivity contribution >= 4 is 11.7 Å². The highest BCUT2D eigenvalue weighted by Crippen LogP contribution is 2.22. The Hall–Kier alpha value is -0.980. The smallest absolute Gasteiger partial charge is 0.236 e. The van der Waals surface area contributed by atoms with Gasteiger partial charge in [0, 0.05) is 32.6 Å². The predicted molar refractivity (Wildman–Crippen MR) is 274 cm³/mol. The van der Waals surface area contributed by atoms with Gasteiger partial charge in [-0.05, 0) is 110 Å². The van der Waals surface area contributed by atoms with Crippen molar-refractivity contribution in [2.75, 3.05) is 72.0 Å². The number of piperidine rings is 1. The van der Waals surface area contributed by atoms with Crippen molar-refractivity contribution in [3.63, 3.8) is 0 Å². The SMILES string of the molecule is CCCCCCCCCN(CCCCCCCC(C)=O)CCC1CCN(C(=O)CN(CCCCCCCCC)CCN(CCCCCCCCC)CCCCCCCCC)CC1. The van der Waals surface area contributed by atoms with Crippen LogP contribution in [-0.4, -0.2) is 103 Å². The molecule has 6 heteroatoms. The molecule has 0 spiro atoms. The first-order valence-corrected chi connectivity index (χ1v) is 28.4. The summed E-state index contributed by atoms with van der Waals surface area (Å²) in [5.74, 6) is 1.47. The van der Waals surface area contributed by atoms with Crippen LogP contribution in [0.25, 0.3) is 0 Å². The fourth-order valence-electron chi connectivity index (χ4n) is 9.76. The van der Waals surface area contributed by atoms with Crippen LogP contribution in [0.2, 0.25) is 0 Å². The molecule has 62 heavy (non-hydrogen) atoms. The zero-order valence-corrected chi connectivity index (χ0v) is 43.1. The standard InChI is InChI=1S/C56H112N4O2/c1-6-10-14-18-22-28-34-43-57(44-35-32-26-27-33-39-54(5)61)48-40-55-41-49-60(50-42-55)56(62)53-59(47-38-31-25-21-17-13-9-4)52-51-58(45-36-29-23-19-15-11-7-2)46-37-30-24-20-16-12-8-3/h55H,6-53H2,1-5H3. The molecule has 0 aromatic heterocycles. The van der Waals surface area contributed by atoms with Gasteiger partial charge in [-0.25, -0.2) is 0 Å². The minimum absolute atomic E-state index is 0.335. The maximum absolute atomic E-state index is 14.0. The van der Waals surface area contributed by atoms with E-state index in [0.717, 1.165) is 51.5 Å². The van der Waals surface area contributed by atoms with Crippen LogP contribution in [0.1, 0.15) is 272 Å². The van der Waals surface area contributed by atoms with Crippen molar-refractivity contribution in [1.82, 2.24) is 19.6 Å². The van der Waals surface area contributed by atoms with Gasteiger partial charge in [-0.15, -0.1) is 0 Å². The minimum atomic E-state index is 0.335. The summed E-state index contributed by atoms with van der Waals surface area (Å²) in [5.41, 5.74) is 0. The number of hydrogen-bond acceptors (Lipinski definition) is 5. The molecule has 0 N–H and O–H groups in total. The first kappa shape index (κ1) is 59.0. The number of nitrogens with zero attached hydrogens (tertiary/aromatic N) is 4. The van der Waals surface area contributed by atoms with Crippen molar-refractivity contribution in [3.05, 3.63) is 0 Å². The molecular weight excluding hydrogens is 761 g/mol. The van der Waals surface area contributed by atoms with Crippen molar-refractivity contribution < 1.29 is 9.59 Å². The van der Waals surface area contributed by atoms with Gasteiger partial charge in [0.25, 0.3) is 0 Å². The van der Waals surface area contributed by atoms with E-state index in [1.165, 1.54) is 257 Å². The van der Waals surface area contributed by atoms with Crippen LogP contribution in [-0.2, 0) is 9.59 Å². The third kappa shape index (κ3) is 37.3. The highest BCUT2D eigenvalue weighted by atomic mass is 16.2. The summed E-state index contributed by atoms with van der Waals surface area (Å²) in [6.07, 6.45) is 48.6. The minimum Gasteiger partial charge on any atom is -0.342 e. The van der Waals surface area contributed by atoms with Crippen LogP contribution >= 0.6 is 0 Å². The van der Waals surface area contributed by atoms with Gasteiger partial charge in [0.05, 0.1) is 6.54 Å². The van der Waals surface area contributed by atoms with E-state index in [9.17, 15) is 9.59 Å². The maximum Gasteiger partial charge on any atom is 0.236 e. The lowest BCUT2D eigenvalue weighted by Gasteiger charge is -2.35. The van der Waals surface area contributed by atoms with Crippen LogP contribution < -0.4 is 0 Å². The van der Waals surface area contributed by atoms with E-state index in [-0.39, 0.29) is 0 Å². The van der Waals surface area contributed by atoms with Crippen LogP contribution in [0.15, 0.2) is 0 Å². The molecule has 1 aliphatic rings. The van der Waals surface area contributed by atoms with Crippen molar-refractivity contribution in [1.29, 1.82) is 0 Å². The van der Waals surface area contributed by atoms with Gasteiger partial charge >= 0.3 is 0 Å². The topological polar surface area (TPSA) is 47.1 Å². The Morgan fingerprint density at radius 1 is 0.387 bits per heavy atom. The van der Waals surface area contributed by atoms with E-state index in [1.807, 2.05) is 0 Å². The van der Waals surface area contributed by atoms with E-state index in [1.54, 1.807) is 6.92 Å². The van der Waals surface area contributed by atoms with E-state index in [4.69, 9.17) is 0 Å². The Labute approximate surface area is 389 Å². The van der Waals surface area contributed by atoms with Gasteiger partial charge in [-0.2, -0.15) is 0 Å². The number of ketones is 1. The Bertz CT molecular complexity index is 934. The number of likely N-dealkylation sites (tertiary alicyclic amines) is 1. The number of unbranched alkanes of at least 4 members (excludes halogenated alkanes) is 28. The molecule has 1 saturated heterocycles. The fourth-order valence-corrected chi connectivity index (χ4v) is 9.76. The van der Waals surface area contributed by atoms with Gasteiger partial charge in [0.15, 0.2) is 0 Å². The first-order chi connectivity index (χ1) is 30.4. The molecule has 0 aromatic rings. The number of amides is 1. The third-order valence-electron chi connectivity index (χ3n) is 14.2. The van der Waals surface area contributed by atoms with E-state index < -0.39 is 0 Å². The zero-order chi connectivity index (χ0) is 45.0. The summed E-state index contributed by atoms with van der Waals surface area (Å²) in [5, 5.41) is 0. The Kier molecular flexibility index (Phi) is 43.0. The average molecular weight is 874 g/mol. The number of rotatable bonds is 48. The number of carbonyl (C=O) groups excluding carboxylic acids is 2. The summed E-state index contributed by atoms with van der Waals surface area (Å²) >= 11 is 0. The Morgan fingerprint density at radius 2 is 0.694 bits per heavy atom. The van der Waals surface area contributed by atoms with Crippen LogP contribution in [0, 0.1) is 5.92 Å². The zero-order valence-electron chi connectivity index (χ0n) is 43.1. The second-order valence-electron chi connectivity index (χ2n) is 20.3. The maximum atomic E-state index is 14.0. The first-order valence-electron chi connectivity index (χ1n) is 28.4. The van der Waals surface area contributed by atoms with Gasteiger partial charge in [-0.1, -0.05) is 201 Å². The molecule has 6 nitrogen and oxygen atoms in total. The fraction of sp³-hybridized carbons (Fsp3) is 0.964. The molecule has 0 saturated carbocycles. The predicted octanol–water partition coefficient (Wildman–Crippen LogP) is 15.5. The second kappa shape index (κ2) is 45.2. The Balaban J connectivity index is 2.71. The molecule has 0 atom stereocenters. The monoisotopic (exact) mass is 873 g/mol. The van der Waals surface area contributed by atoms with Gasteiger partial charge in [0.1, 0.15) is 5.78 Å². The van der Waals surface area contributed by atoms with Crippen LogP contribution in [0.3, 0.4) is 0 Å². The lowest BCUT2D eigenvalue weighted by atomic mass is 9.93. The third-order valence-corrected chi connectivity index (χ3v) is 14.2. The molecule has 1 rings (SSSR count). The lowest BCUT2D eigenvalue weighted by molar-refractivity contribution is -0.134. The van der Waals surface area contributed by atoms with Crippen LogP contribution in [0.5, 0.6) is 0 Å². The van der Waals surface area contributed by atoms with E-state index in [2.05, 4.69) is 47.3 Å². The quantitative estimate of drug-likeness (QED) is 0.0570. The molecule has 1 amide bonds. The van der Waals surface area contributed by atoms with Crippen molar-refractivity contribution in [2.45, 2.75) is 272 Å². The average Bonchev–Trinajstić information content (AvgIpc) is 3.27. The lowest BCUT2D eigenvalue weighted by Crippen LogP contribution is -2.46. The van der Waals surface area contributed by atoms with Crippen molar-refractivity contribution in [2.24, 2.45) is 5.92 Å². The molecule has 0 bridgehead atoms. The van der Waals surface area contributed by atoms with Crippen LogP contribution in [0.4, 0.5) is 0 Å². The number of Topliss-reactive ketones (excluding diaryl/α,β-unsaturated/α-hetero) is 1. The summed E-state index contributed by atoms with van der Waals surface area (Å²) in [4.78, 5) is 35.7. The van der Waals surface area contributed by atoms with Gasteiger partial charge in [0.2, 0.25) is 5.91 Å². The Morgan fingerprint density at radius 3 is 1.06 bits per heavy atom. The molecule has 1 aliphatic heterocycles. The van der Waals surface area contributed by atoms with Gasteiger partial charge in [-0.3, -0.25) is 9.69 Å². The second-order valence-corrected chi connectivity index (χ2v) is 20.3. The summed E-state index contributed by atoms with van der Waals surface area (Å²) in [7, 11) is 0. The van der Waals surface area contributed by atoms with Crippen molar-refractivity contribution in [3.8, 4) is 0 Å². The molecular formula is C56H112N4O2. The molecule has 368 valence electrons. The highest BCUT2D eigenvalue weighted by Gasteiger charge is 2.25. The molecule has 0 unspecified atom stereocenters. The van der Waals surface area contributed by atoms with Gasteiger partial charge < -0.3 is 19.5 Å². The van der Waals surface area contributed by atoms with E-state index >= 15 is 0 Å².